The molecule has 0 aromatic carbocycles. The molecule has 0 saturated carbocycles. The van der Waals surface area contributed by atoms with Crippen molar-refractivity contribution in [2.45, 2.75) is 0 Å². The van der Waals surface area contributed by atoms with Crippen LogP contribution >= 0.6 is 0 Å². The normalized spacial score (nSPS) is 10.9. The minimum atomic E-state index is -5.10. The van der Waals surface area contributed by atoms with Gasteiger partial charge in [-0.25, -0.2) is 0 Å². The predicted molar refractivity (Wildman–Crippen MR) is 37.1 cm³/mol. The molecule has 85 valence electrons. The van der Waals surface area contributed by atoms with E-state index in [1.165, 1.54) is 0 Å². The number of carbonyl (C=O) groups is 4. The molecule has 0 unspecified atom stereocenters. The van der Waals surface area contributed by atoms with Gasteiger partial charge in [0.15, 0.2) is 0 Å². The molecule has 0 saturated heterocycles. The van der Waals surface area contributed by atoms with Gasteiger partial charge in [-0.1, -0.05) is 0 Å². The number of rotatable bonds is 4. The Morgan fingerprint density at radius 1 is 0.643 bits per heavy atom. The first-order valence-corrected chi connectivity index (χ1v) is 4.46. The average Bonchev–Trinajstić information content (AvgIpc) is 1.82. The fourth-order valence-electron chi connectivity index (χ4n) is 0.366. The monoisotopic (exact) mass is 256 g/mol. The first kappa shape index (κ1) is 14.8. The molecule has 0 rings (SSSR count). The first-order chi connectivity index (χ1) is 5.77. The molecule has 14 heavy (non-hydrogen) atoms. The van der Waals surface area contributed by atoms with Crippen molar-refractivity contribution in [3.8, 4) is 0 Å². The maximum atomic E-state index is 10.3. The van der Waals surface area contributed by atoms with Gasteiger partial charge in [0.05, 0.1) is 0 Å². The first-order valence-electron chi connectivity index (χ1n) is 2.38. The Balaban J connectivity index is 0. The van der Waals surface area contributed by atoms with E-state index < -0.39 is 32.2 Å². The van der Waals surface area contributed by atoms with Gasteiger partial charge in [-0.2, -0.15) is 0 Å². The fourth-order valence-corrected chi connectivity index (χ4v) is 1.51. The average molecular weight is 256 g/mol. The van der Waals surface area contributed by atoms with E-state index in [4.69, 9.17) is 20.4 Å². The Bertz CT molecular complexity index is 236. The van der Waals surface area contributed by atoms with Crippen LogP contribution in [0.25, 0.3) is 0 Å². The summed E-state index contributed by atoms with van der Waals surface area (Å²) >= 11 is -5.10. The molecular formula is C4H7CoNO8. The number of carboxylic acid groups (broad SMARTS) is 4. The summed E-state index contributed by atoms with van der Waals surface area (Å²) in [6, 6.07) is 0. The van der Waals surface area contributed by atoms with Crippen LogP contribution in [-0.4, -0.2) is 40.0 Å². The molecule has 10 heteroatoms. The topological polar surface area (TPSA) is 184 Å². The van der Waals surface area contributed by atoms with Gasteiger partial charge in [-0.15, -0.1) is 0 Å². The second kappa shape index (κ2) is 4.55. The van der Waals surface area contributed by atoms with Crippen LogP contribution in [0, 0.1) is 0 Å². The molecule has 0 spiro atoms. The summed E-state index contributed by atoms with van der Waals surface area (Å²) in [7, 11) is 0. The van der Waals surface area contributed by atoms with Gasteiger partial charge >= 0.3 is 71.8 Å². The van der Waals surface area contributed by atoms with E-state index in [1.807, 2.05) is 0 Å². The van der Waals surface area contributed by atoms with Crippen molar-refractivity contribution in [3.63, 3.8) is 0 Å². The molecule has 0 radical (unpaired) electrons. The van der Waals surface area contributed by atoms with E-state index >= 15 is 0 Å². The van der Waals surface area contributed by atoms with Crippen LogP contribution in [0.15, 0.2) is 0 Å². The molecule has 7 N–H and O–H groups in total. The molecule has 0 heterocycles. The summed E-state index contributed by atoms with van der Waals surface area (Å²) in [5, 5.41) is 33.0. The molecule has 0 amide bonds. The minimum absolute atomic E-state index is 0. The Hall–Kier alpha value is -1.65. The summed E-state index contributed by atoms with van der Waals surface area (Å²) in [4.78, 5) is 31.6. The van der Waals surface area contributed by atoms with Gasteiger partial charge in [0.1, 0.15) is 0 Å². The Morgan fingerprint density at radius 2 is 0.786 bits per heavy atom. The SMILES string of the molecule is N.O=[C](O)[Co]([C](=O)O)([C](=O)O)[C](=O)O. The van der Waals surface area contributed by atoms with E-state index in [0.717, 1.165) is 0 Å². The summed E-state index contributed by atoms with van der Waals surface area (Å²) in [6.45, 7) is 0. The van der Waals surface area contributed by atoms with Gasteiger partial charge in [0, 0.05) is 0 Å². The van der Waals surface area contributed by atoms with E-state index in [9.17, 15) is 19.2 Å². The summed E-state index contributed by atoms with van der Waals surface area (Å²) in [5.74, 6) is 0. The number of hydrogen-bond acceptors (Lipinski definition) is 5. The Morgan fingerprint density at radius 3 is 0.786 bits per heavy atom. The molecule has 0 bridgehead atoms. The van der Waals surface area contributed by atoms with Gasteiger partial charge < -0.3 is 6.15 Å². The molecule has 0 aliphatic rings. The third kappa shape index (κ3) is 1.81. The predicted octanol–water partition coefficient (Wildman–Crippen LogP) is 1.01. The fraction of sp³-hybridized carbons (Fsp3) is 0. The Kier molecular flexibility index (Phi) is 4.82. The van der Waals surface area contributed by atoms with Crippen LogP contribution in [-0.2, 0) is 12.6 Å². The van der Waals surface area contributed by atoms with Crippen molar-refractivity contribution >= 4 is 19.6 Å². The van der Waals surface area contributed by atoms with Crippen LogP contribution in [0.2, 0.25) is 0 Å². The van der Waals surface area contributed by atoms with Crippen LogP contribution in [0.1, 0.15) is 0 Å². The van der Waals surface area contributed by atoms with Gasteiger partial charge in [0.25, 0.3) is 0 Å². The molecule has 0 aliphatic carbocycles. The molecule has 0 aromatic rings. The molecular weight excluding hydrogens is 249 g/mol. The summed E-state index contributed by atoms with van der Waals surface area (Å²) in [6.07, 6.45) is 0. The number of hydrogen-bond donors (Lipinski definition) is 5. The molecule has 0 aliphatic heterocycles. The van der Waals surface area contributed by atoms with E-state index in [-0.39, 0.29) is 6.15 Å². The van der Waals surface area contributed by atoms with Gasteiger partial charge in [0.2, 0.25) is 0 Å². The zero-order valence-electron chi connectivity index (χ0n) is 6.46. The van der Waals surface area contributed by atoms with Crippen LogP contribution < -0.4 is 6.15 Å². The Labute approximate surface area is 78.7 Å². The van der Waals surface area contributed by atoms with Crippen molar-refractivity contribution in [3.05, 3.63) is 0 Å². The molecule has 0 atom stereocenters. The zero-order chi connectivity index (χ0) is 10.8. The van der Waals surface area contributed by atoms with E-state index in [2.05, 4.69) is 0 Å². The van der Waals surface area contributed by atoms with E-state index in [1.54, 1.807) is 0 Å². The quantitative estimate of drug-likeness (QED) is 0.489. The van der Waals surface area contributed by atoms with Crippen molar-refractivity contribution < 1.29 is 52.2 Å². The third-order valence-corrected chi connectivity index (χ3v) is 3.53. The molecule has 0 aromatic heterocycles. The second-order valence-electron chi connectivity index (χ2n) is 1.44. The van der Waals surface area contributed by atoms with Gasteiger partial charge in [-0.3, -0.25) is 0 Å². The molecule has 0 fully saturated rings. The van der Waals surface area contributed by atoms with Crippen molar-refractivity contribution in [1.82, 2.24) is 6.15 Å². The van der Waals surface area contributed by atoms with Crippen molar-refractivity contribution in [1.29, 1.82) is 0 Å². The summed E-state index contributed by atoms with van der Waals surface area (Å²) in [5.41, 5.74) is 0. The second-order valence-corrected chi connectivity index (χ2v) is 4.78. The van der Waals surface area contributed by atoms with Crippen LogP contribution in [0.5, 0.6) is 0 Å². The maximum absolute atomic E-state index is 10.3. The van der Waals surface area contributed by atoms with Gasteiger partial charge in [-0.05, 0) is 0 Å². The third-order valence-electron chi connectivity index (χ3n) is 0.855. The van der Waals surface area contributed by atoms with Crippen LogP contribution in [0.3, 0.4) is 0 Å². The van der Waals surface area contributed by atoms with Crippen molar-refractivity contribution in [2.24, 2.45) is 0 Å². The van der Waals surface area contributed by atoms with E-state index in [0.29, 0.717) is 0 Å². The standard InChI is InChI=1S/4CHO2.Co.H3N/c4*2-1-3;;/h4*(H,2,3);;1H3. The van der Waals surface area contributed by atoms with Crippen molar-refractivity contribution in [2.75, 3.05) is 0 Å². The zero-order valence-corrected chi connectivity index (χ0v) is 7.50. The van der Waals surface area contributed by atoms with Crippen LogP contribution in [0.4, 0.5) is 19.2 Å². The summed E-state index contributed by atoms with van der Waals surface area (Å²) < 4.78 is 0. The molecule has 9 nitrogen and oxygen atoms in total.